The summed E-state index contributed by atoms with van der Waals surface area (Å²) in [6.45, 7) is 8.46. The number of hydrogen-bond acceptors (Lipinski definition) is 4. The van der Waals surface area contributed by atoms with Gasteiger partial charge in [0, 0.05) is 30.2 Å². The van der Waals surface area contributed by atoms with E-state index in [4.69, 9.17) is 4.98 Å². The summed E-state index contributed by atoms with van der Waals surface area (Å²) in [6.07, 6.45) is 3.67. The number of aryl methyl sites for hydroxylation is 2. The zero-order valence-electron chi connectivity index (χ0n) is 16.7. The number of anilines is 1. The Morgan fingerprint density at radius 2 is 1.71 bits per heavy atom. The molecule has 3 heterocycles. The molecule has 1 N–H and O–H groups in total. The molecule has 1 aromatic carbocycles. The molecule has 0 saturated carbocycles. The van der Waals surface area contributed by atoms with Crippen LogP contribution >= 0.6 is 0 Å². The molecule has 5 nitrogen and oxygen atoms in total. The molecule has 0 radical (unpaired) electrons. The topological polar surface area (TPSA) is 55.1 Å². The molecule has 0 bridgehead atoms. The van der Waals surface area contributed by atoms with Crippen LogP contribution in [0.15, 0.2) is 60.9 Å². The van der Waals surface area contributed by atoms with Crippen molar-refractivity contribution in [1.29, 1.82) is 0 Å². The summed E-state index contributed by atoms with van der Waals surface area (Å²) in [5, 5.41) is 8.39. The first-order chi connectivity index (χ1) is 13.5. The predicted octanol–water partition coefficient (Wildman–Crippen LogP) is 5.07. The zero-order chi connectivity index (χ0) is 19.7. The number of rotatable bonds is 5. The molecule has 0 unspecified atom stereocenters. The summed E-state index contributed by atoms with van der Waals surface area (Å²) in [4.78, 5) is 8.96. The lowest BCUT2D eigenvalue weighted by molar-refractivity contribution is 0.799. The third-order valence-corrected chi connectivity index (χ3v) is 4.99. The highest BCUT2D eigenvalue weighted by atomic mass is 15.3. The molecule has 0 fully saturated rings. The fourth-order valence-corrected chi connectivity index (χ4v) is 3.46. The molecular formula is C23H25N5. The minimum Gasteiger partial charge on any atom is -0.359 e. The molecule has 0 aliphatic carbocycles. The van der Waals surface area contributed by atoms with E-state index in [-0.39, 0.29) is 6.04 Å². The summed E-state index contributed by atoms with van der Waals surface area (Å²) in [5.41, 5.74) is 6.49. The highest BCUT2D eigenvalue weighted by Crippen LogP contribution is 2.30. The molecule has 0 spiro atoms. The van der Waals surface area contributed by atoms with Crippen molar-refractivity contribution in [3.63, 3.8) is 0 Å². The Hall–Kier alpha value is -3.21. The van der Waals surface area contributed by atoms with Gasteiger partial charge in [-0.15, -0.1) is 0 Å². The summed E-state index contributed by atoms with van der Waals surface area (Å²) in [7, 11) is 0. The summed E-state index contributed by atoms with van der Waals surface area (Å²) >= 11 is 0. The molecule has 4 aromatic rings. The molecular weight excluding hydrogens is 346 g/mol. The van der Waals surface area contributed by atoms with E-state index >= 15 is 0 Å². The number of benzene rings is 1. The first-order valence-corrected chi connectivity index (χ1v) is 9.62. The van der Waals surface area contributed by atoms with Crippen molar-refractivity contribution in [1.82, 2.24) is 19.6 Å². The lowest BCUT2D eigenvalue weighted by atomic mass is 9.95. The summed E-state index contributed by atoms with van der Waals surface area (Å²) in [5.74, 6) is 1.27. The lowest BCUT2D eigenvalue weighted by Gasteiger charge is -2.23. The van der Waals surface area contributed by atoms with Crippen LogP contribution in [0.25, 0.3) is 5.65 Å². The molecule has 3 aromatic heterocycles. The van der Waals surface area contributed by atoms with Gasteiger partial charge in [-0.25, -0.2) is 4.98 Å². The van der Waals surface area contributed by atoms with E-state index in [9.17, 15) is 0 Å². The van der Waals surface area contributed by atoms with Gasteiger partial charge in [0.2, 0.25) is 0 Å². The summed E-state index contributed by atoms with van der Waals surface area (Å²) in [6, 6.07) is 16.7. The van der Waals surface area contributed by atoms with Crippen molar-refractivity contribution in [2.24, 2.45) is 0 Å². The molecule has 1 atom stereocenters. The van der Waals surface area contributed by atoms with Crippen molar-refractivity contribution < 1.29 is 0 Å². The second-order valence-electron chi connectivity index (χ2n) is 7.49. The number of aromatic nitrogens is 4. The van der Waals surface area contributed by atoms with Crippen LogP contribution in [0.4, 0.5) is 5.82 Å². The van der Waals surface area contributed by atoms with Crippen molar-refractivity contribution in [3.05, 3.63) is 89.0 Å². The van der Waals surface area contributed by atoms with Gasteiger partial charge < -0.3 is 5.32 Å². The molecule has 0 aliphatic heterocycles. The normalized spacial score (nSPS) is 12.5. The van der Waals surface area contributed by atoms with Crippen molar-refractivity contribution in [2.45, 2.75) is 39.7 Å². The first-order valence-electron chi connectivity index (χ1n) is 9.62. The highest BCUT2D eigenvalue weighted by molar-refractivity contribution is 5.54. The number of fused-ring (bicyclic) bond motifs is 1. The number of pyridine rings is 1. The van der Waals surface area contributed by atoms with E-state index < -0.39 is 0 Å². The molecule has 0 aliphatic rings. The lowest BCUT2D eigenvalue weighted by Crippen LogP contribution is -2.17. The summed E-state index contributed by atoms with van der Waals surface area (Å²) < 4.78 is 1.90. The van der Waals surface area contributed by atoms with Crippen LogP contribution in [0.3, 0.4) is 0 Å². The Labute approximate surface area is 165 Å². The van der Waals surface area contributed by atoms with Crippen LogP contribution in [-0.4, -0.2) is 19.6 Å². The van der Waals surface area contributed by atoms with Gasteiger partial charge in [-0.2, -0.15) is 9.61 Å². The van der Waals surface area contributed by atoms with E-state index in [2.05, 4.69) is 78.6 Å². The van der Waals surface area contributed by atoms with Crippen molar-refractivity contribution >= 4 is 11.5 Å². The predicted molar refractivity (Wildman–Crippen MR) is 113 cm³/mol. The minimum atomic E-state index is -0.0145. The van der Waals surface area contributed by atoms with Gasteiger partial charge in [0.15, 0.2) is 5.65 Å². The quantitative estimate of drug-likeness (QED) is 0.532. The van der Waals surface area contributed by atoms with Crippen LogP contribution in [0, 0.1) is 13.8 Å². The van der Waals surface area contributed by atoms with Crippen LogP contribution < -0.4 is 5.32 Å². The van der Waals surface area contributed by atoms with E-state index in [1.807, 2.05) is 29.9 Å². The third kappa shape index (κ3) is 3.48. The monoisotopic (exact) mass is 371 g/mol. The Balaban J connectivity index is 1.87. The highest BCUT2D eigenvalue weighted by Gasteiger charge is 2.19. The van der Waals surface area contributed by atoms with Gasteiger partial charge in [0.05, 0.1) is 11.7 Å². The fourth-order valence-electron chi connectivity index (χ4n) is 3.46. The largest absolute Gasteiger partial charge is 0.359 e. The van der Waals surface area contributed by atoms with E-state index in [1.165, 1.54) is 11.1 Å². The molecule has 28 heavy (non-hydrogen) atoms. The molecule has 0 saturated heterocycles. The number of nitrogens with zero attached hydrogens (tertiary/aromatic N) is 4. The molecule has 4 rings (SSSR count). The Bertz CT molecular complexity index is 1100. The molecule has 0 amide bonds. The SMILES string of the molecule is Cc1cc2nc(C(C)C)cc(N[C@@H](c3ccncc3)c3ccccc3C)n2n1. The van der Waals surface area contributed by atoms with Gasteiger partial charge in [0.1, 0.15) is 5.82 Å². The average Bonchev–Trinajstić information content (AvgIpc) is 3.07. The van der Waals surface area contributed by atoms with Gasteiger partial charge in [0.25, 0.3) is 0 Å². The Morgan fingerprint density at radius 1 is 0.964 bits per heavy atom. The van der Waals surface area contributed by atoms with Gasteiger partial charge in [-0.1, -0.05) is 38.1 Å². The maximum atomic E-state index is 4.78. The van der Waals surface area contributed by atoms with Gasteiger partial charge in [-0.05, 0) is 48.6 Å². The number of hydrogen-bond donors (Lipinski definition) is 1. The minimum absolute atomic E-state index is 0.0145. The Morgan fingerprint density at radius 3 is 2.43 bits per heavy atom. The third-order valence-electron chi connectivity index (χ3n) is 4.99. The maximum absolute atomic E-state index is 4.78. The van der Waals surface area contributed by atoms with E-state index in [0.29, 0.717) is 5.92 Å². The van der Waals surface area contributed by atoms with Gasteiger partial charge >= 0.3 is 0 Å². The molecule has 142 valence electrons. The van der Waals surface area contributed by atoms with E-state index in [1.54, 1.807) is 0 Å². The van der Waals surface area contributed by atoms with Crippen LogP contribution in [-0.2, 0) is 0 Å². The Kier molecular flexibility index (Phi) is 4.82. The zero-order valence-corrected chi connectivity index (χ0v) is 16.7. The van der Waals surface area contributed by atoms with E-state index in [0.717, 1.165) is 28.4 Å². The van der Waals surface area contributed by atoms with Crippen LogP contribution in [0.5, 0.6) is 0 Å². The van der Waals surface area contributed by atoms with Gasteiger partial charge in [-0.3, -0.25) is 4.98 Å². The second-order valence-corrected chi connectivity index (χ2v) is 7.49. The fraction of sp³-hybridized carbons (Fsp3) is 0.261. The smallest absolute Gasteiger partial charge is 0.157 e. The van der Waals surface area contributed by atoms with Crippen molar-refractivity contribution in [2.75, 3.05) is 5.32 Å². The van der Waals surface area contributed by atoms with Crippen molar-refractivity contribution in [3.8, 4) is 0 Å². The number of nitrogens with one attached hydrogen (secondary N) is 1. The van der Waals surface area contributed by atoms with Crippen LogP contribution in [0.1, 0.15) is 53.9 Å². The second kappa shape index (κ2) is 7.43. The molecule has 5 heteroatoms. The maximum Gasteiger partial charge on any atom is 0.157 e. The average molecular weight is 371 g/mol. The van der Waals surface area contributed by atoms with Crippen LogP contribution in [0.2, 0.25) is 0 Å². The standard InChI is InChI=1S/C23H25N5/c1-15(2)20-14-22(28-21(25-20)13-17(4)27-28)26-23(18-9-11-24-12-10-18)19-8-6-5-7-16(19)3/h5-15,23,26H,1-4H3/t23-/m0/s1. The first kappa shape index (κ1) is 18.2.